The molecule has 0 aliphatic heterocycles. The molecule has 0 atom stereocenters. The fourth-order valence-corrected chi connectivity index (χ4v) is 1.53. The third-order valence-corrected chi connectivity index (χ3v) is 2.19. The van der Waals surface area contributed by atoms with Crippen LogP contribution in [0.5, 0.6) is 0 Å². The molecule has 64 valence electrons. The monoisotopic (exact) mass is 180 g/mol. The summed E-state index contributed by atoms with van der Waals surface area (Å²) in [5.74, 6) is 0. The molecule has 2 aromatic heterocycles. The van der Waals surface area contributed by atoms with Gasteiger partial charge in [0.1, 0.15) is 0 Å². The van der Waals surface area contributed by atoms with Gasteiger partial charge < -0.3 is 0 Å². The molecule has 0 aliphatic carbocycles. The highest BCUT2D eigenvalue weighted by molar-refractivity contribution is 7.13. The zero-order valence-electron chi connectivity index (χ0n) is 7.24. The summed E-state index contributed by atoms with van der Waals surface area (Å²) < 4.78 is 0. The van der Waals surface area contributed by atoms with Crippen molar-refractivity contribution in [2.45, 2.75) is 13.8 Å². The van der Waals surface area contributed by atoms with Crippen LogP contribution in [-0.4, -0.2) is 10.2 Å². The number of nitrogens with zero attached hydrogens (tertiary/aromatic N) is 1. The minimum atomic E-state index is 1.09. The topological polar surface area (TPSA) is 28.7 Å². The second kappa shape index (κ2) is 4.72. The number of H-pyrrole nitrogens is 1. The van der Waals surface area contributed by atoms with Crippen LogP contribution in [-0.2, 0) is 0 Å². The number of hydrogen-bond donors (Lipinski definition) is 1. The van der Waals surface area contributed by atoms with Crippen LogP contribution in [0.4, 0.5) is 0 Å². The van der Waals surface area contributed by atoms with Crippen LogP contribution in [0, 0.1) is 0 Å². The Morgan fingerprint density at radius 2 is 2.17 bits per heavy atom. The SMILES string of the molecule is CC.c1csc(-c2ccn[nH]2)c1. The number of aromatic nitrogens is 2. The molecular weight excluding hydrogens is 168 g/mol. The van der Waals surface area contributed by atoms with E-state index in [4.69, 9.17) is 0 Å². The van der Waals surface area contributed by atoms with Crippen LogP contribution in [0.1, 0.15) is 13.8 Å². The fraction of sp³-hybridized carbons (Fsp3) is 0.222. The van der Waals surface area contributed by atoms with Gasteiger partial charge in [-0.05, 0) is 17.5 Å². The lowest BCUT2D eigenvalue weighted by molar-refractivity contribution is 1.10. The zero-order chi connectivity index (χ0) is 8.81. The van der Waals surface area contributed by atoms with Gasteiger partial charge in [0.2, 0.25) is 0 Å². The second-order valence-electron chi connectivity index (χ2n) is 1.95. The first-order chi connectivity index (χ1) is 5.97. The average molecular weight is 180 g/mol. The Hall–Kier alpha value is -1.09. The van der Waals surface area contributed by atoms with Gasteiger partial charge in [0.15, 0.2) is 0 Å². The third-order valence-electron chi connectivity index (χ3n) is 1.29. The molecule has 2 nitrogen and oxygen atoms in total. The first kappa shape index (κ1) is 9.00. The van der Waals surface area contributed by atoms with Gasteiger partial charge in [0, 0.05) is 6.20 Å². The number of aromatic amines is 1. The van der Waals surface area contributed by atoms with E-state index in [0.29, 0.717) is 0 Å². The van der Waals surface area contributed by atoms with E-state index in [1.807, 2.05) is 26.0 Å². The van der Waals surface area contributed by atoms with Crippen LogP contribution >= 0.6 is 11.3 Å². The molecule has 0 amide bonds. The molecule has 0 fully saturated rings. The summed E-state index contributed by atoms with van der Waals surface area (Å²) in [6, 6.07) is 6.06. The fourth-order valence-electron chi connectivity index (χ4n) is 0.825. The van der Waals surface area contributed by atoms with Gasteiger partial charge in [0.25, 0.3) is 0 Å². The van der Waals surface area contributed by atoms with Crippen LogP contribution in [0.15, 0.2) is 29.8 Å². The van der Waals surface area contributed by atoms with Crippen LogP contribution in [0.25, 0.3) is 10.6 Å². The van der Waals surface area contributed by atoms with Gasteiger partial charge in [-0.3, -0.25) is 5.10 Å². The molecule has 2 aromatic rings. The van der Waals surface area contributed by atoms with Crippen LogP contribution in [0.3, 0.4) is 0 Å². The third kappa shape index (κ3) is 1.95. The van der Waals surface area contributed by atoms with Gasteiger partial charge in [-0.2, -0.15) is 5.10 Å². The summed E-state index contributed by atoms with van der Waals surface area (Å²) in [6.45, 7) is 4.00. The Morgan fingerprint density at radius 3 is 2.67 bits per heavy atom. The summed E-state index contributed by atoms with van der Waals surface area (Å²) in [5, 5.41) is 8.81. The molecule has 0 unspecified atom stereocenters. The van der Waals surface area contributed by atoms with E-state index in [1.165, 1.54) is 4.88 Å². The van der Waals surface area contributed by atoms with Gasteiger partial charge in [-0.15, -0.1) is 11.3 Å². The van der Waals surface area contributed by atoms with Crippen LogP contribution < -0.4 is 0 Å². The lowest BCUT2D eigenvalue weighted by Gasteiger charge is -1.85. The Kier molecular flexibility index (Phi) is 3.54. The molecular formula is C9H12N2S. The highest BCUT2D eigenvalue weighted by atomic mass is 32.1. The van der Waals surface area contributed by atoms with E-state index in [0.717, 1.165) is 5.69 Å². The Balaban J connectivity index is 0.000000336. The minimum absolute atomic E-state index is 1.09. The van der Waals surface area contributed by atoms with E-state index in [1.54, 1.807) is 17.5 Å². The van der Waals surface area contributed by atoms with Gasteiger partial charge in [0.05, 0.1) is 10.6 Å². The molecule has 0 aromatic carbocycles. The van der Waals surface area contributed by atoms with Gasteiger partial charge >= 0.3 is 0 Å². The zero-order valence-corrected chi connectivity index (χ0v) is 8.06. The quantitative estimate of drug-likeness (QED) is 0.717. The molecule has 0 aliphatic rings. The van der Waals surface area contributed by atoms with Crippen LogP contribution in [0.2, 0.25) is 0 Å². The molecule has 12 heavy (non-hydrogen) atoms. The van der Waals surface area contributed by atoms with E-state index < -0.39 is 0 Å². The maximum absolute atomic E-state index is 3.86. The van der Waals surface area contributed by atoms with E-state index in [-0.39, 0.29) is 0 Å². The van der Waals surface area contributed by atoms with Gasteiger partial charge in [-0.25, -0.2) is 0 Å². The van der Waals surface area contributed by atoms with Crippen molar-refractivity contribution in [3.05, 3.63) is 29.8 Å². The molecule has 0 radical (unpaired) electrons. The van der Waals surface area contributed by atoms with Crippen molar-refractivity contribution in [3.63, 3.8) is 0 Å². The Bertz CT molecular complexity index is 252. The largest absolute Gasteiger partial charge is 0.277 e. The van der Waals surface area contributed by atoms with Gasteiger partial charge in [-0.1, -0.05) is 19.9 Å². The lowest BCUT2D eigenvalue weighted by atomic mass is 10.4. The van der Waals surface area contributed by atoms with Crippen molar-refractivity contribution >= 4 is 11.3 Å². The van der Waals surface area contributed by atoms with Crippen molar-refractivity contribution in [1.82, 2.24) is 10.2 Å². The summed E-state index contributed by atoms with van der Waals surface area (Å²) in [7, 11) is 0. The van der Waals surface area contributed by atoms with Crippen molar-refractivity contribution in [1.29, 1.82) is 0 Å². The highest BCUT2D eigenvalue weighted by Gasteiger charge is 1.96. The summed E-state index contributed by atoms with van der Waals surface area (Å²) in [4.78, 5) is 1.23. The number of nitrogens with one attached hydrogen (secondary N) is 1. The molecule has 2 rings (SSSR count). The second-order valence-corrected chi connectivity index (χ2v) is 2.90. The molecule has 0 saturated heterocycles. The number of rotatable bonds is 1. The molecule has 0 saturated carbocycles. The average Bonchev–Trinajstić information content (AvgIpc) is 2.80. The first-order valence-corrected chi connectivity index (χ1v) is 4.88. The number of thiophene rings is 1. The summed E-state index contributed by atoms with van der Waals surface area (Å²) in [5.41, 5.74) is 1.09. The Labute approximate surface area is 76.3 Å². The Morgan fingerprint density at radius 1 is 1.33 bits per heavy atom. The maximum atomic E-state index is 3.86. The lowest BCUT2D eigenvalue weighted by Crippen LogP contribution is -1.69. The number of hydrogen-bond acceptors (Lipinski definition) is 2. The summed E-state index contributed by atoms with van der Waals surface area (Å²) in [6.07, 6.45) is 1.76. The predicted octanol–water partition coefficient (Wildman–Crippen LogP) is 3.16. The van der Waals surface area contributed by atoms with E-state index in [9.17, 15) is 0 Å². The standard InChI is InChI=1S/C7H6N2S.C2H6/c1-2-7(10-5-1)6-3-4-8-9-6;1-2/h1-5H,(H,8,9);1-2H3. The first-order valence-electron chi connectivity index (χ1n) is 4.00. The van der Waals surface area contributed by atoms with Crippen molar-refractivity contribution in [2.24, 2.45) is 0 Å². The van der Waals surface area contributed by atoms with E-state index >= 15 is 0 Å². The normalized spacial score (nSPS) is 8.83. The minimum Gasteiger partial charge on any atom is -0.277 e. The smallest absolute Gasteiger partial charge is 0.0749 e. The molecule has 1 N–H and O–H groups in total. The van der Waals surface area contributed by atoms with Crippen molar-refractivity contribution in [2.75, 3.05) is 0 Å². The van der Waals surface area contributed by atoms with Crippen molar-refractivity contribution < 1.29 is 0 Å². The molecule has 0 spiro atoms. The van der Waals surface area contributed by atoms with Crippen molar-refractivity contribution in [3.8, 4) is 10.6 Å². The maximum Gasteiger partial charge on any atom is 0.0749 e. The molecule has 3 heteroatoms. The highest BCUT2D eigenvalue weighted by Crippen LogP contribution is 2.21. The summed E-state index contributed by atoms with van der Waals surface area (Å²) >= 11 is 1.71. The van der Waals surface area contributed by atoms with E-state index in [2.05, 4.69) is 21.6 Å². The molecule has 2 heterocycles. The molecule has 0 bridgehead atoms. The predicted molar refractivity (Wildman–Crippen MR) is 53.2 cm³/mol.